The van der Waals surface area contributed by atoms with Crippen LogP contribution in [0.4, 0.5) is 0 Å². The Morgan fingerprint density at radius 2 is 2.29 bits per heavy atom. The molecule has 2 aromatic heterocycles. The van der Waals surface area contributed by atoms with Gasteiger partial charge in [-0.05, 0) is 19.1 Å². The summed E-state index contributed by atoms with van der Waals surface area (Å²) in [6.07, 6.45) is 1.38. The first kappa shape index (κ1) is 12.0. The molecule has 0 aliphatic rings. The van der Waals surface area contributed by atoms with E-state index in [1.54, 1.807) is 19.1 Å². The summed E-state index contributed by atoms with van der Waals surface area (Å²) in [5.74, 6) is -0.144. The van der Waals surface area contributed by atoms with E-state index in [0.717, 1.165) is 0 Å². The van der Waals surface area contributed by atoms with Crippen LogP contribution in [0.1, 0.15) is 15.4 Å². The van der Waals surface area contributed by atoms with E-state index >= 15 is 0 Å². The molecule has 2 rings (SSSR count). The number of aryl methyl sites for hydroxylation is 1. The number of rotatable bonds is 3. The van der Waals surface area contributed by atoms with Gasteiger partial charge in [-0.15, -0.1) is 11.3 Å². The van der Waals surface area contributed by atoms with E-state index in [1.807, 2.05) is 0 Å². The number of carbonyl (C=O) groups is 1. The van der Waals surface area contributed by atoms with Gasteiger partial charge in [-0.1, -0.05) is 11.6 Å². The Bertz CT molecular complexity index is 618. The number of ketones is 1. The molecule has 2 heterocycles. The average molecular weight is 269 g/mol. The van der Waals surface area contributed by atoms with Gasteiger partial charge in [0.2, 0.25) is 0 Å². The highest BCUT2D eigenvalue weighted by Crippen LogP contribution is 2.21. The third-order valence-electron chi connectivity index (χ3n) is 2.18. The predicted molar refractivity (Wildman–Crippen MR) is 66.9 cm³/mol. The highest BCUT2D eigenvalue weighted by Gasteiger charge is 2.10. The topological polar surface area (TPSA) is 52.0 Å². The molecule has 0 bridgehead atoms. The van der Waals surface area contributed by atoms with Crippen molar-refractivity contribution >= 4 is 28.7 Å². The maximum Gasteiger partial charge on any atom is 0.253 e. The van der Waals surface area contributed by atoms with Crippen molar-refractivity contribution in [3.05, 3.63) is 49.8 Å². The predicted octanol–water partition coefficient (Wildman–Crippen LogP) is 2.15. The highest BCUT2D eigenvalue weighted by atomic mass is 35.5. The molecular formula is C11H9ClN2O2S. The SMILES string of the molecule is Cc1cc(=O)n(CC(=O)c2ccc(Cl)s2)cn1. The first-order chi connectivity index (χ1) is 8.06. The fourth-order valence-electron chi connectivity index (χ4n) is 1.33. The van der Waals surface area contributed by atoms with E-state index in [0.29, 0.717) is 14.9 Å². The lowest BCUT2D eigenvalue weighted by Crippen LogP contribution is -2.23. The molecule has 6 heteroatoms. The minimum Gasteiger partial charge on any atom is -0.291 e. The molecule has 0 aliphatic carbocycles. The summed E-state index contributed by atoms with van der Waals surface area (Å²) < 4.78 is 1.84. The summed E-state index contributed by atoms with van der Waals surface area (Å²) >= 11 is 6.95. The number of thiophene rings is 1. The lowest BCUT2D eigenvalue weighted by atomic mass is 10.3. The van der Waals surface area contributed by atoms with Gasteiger partial charge in [-0.3, -0.25) is 14.2 Å². The molecule has 0 unspecified atom stereocenters. The van der Waals surface area contributed by atoms with Crippen molar-refractivity contribution in [2.45, 2.75) is 13.5 Å². The fourth-order valence-corrected chi connectivity index (χ4v) is 2.31. The van der Waals surface area contributed by atoms with Crippen molar-refractivity contribution in [1.29, 1.82) is 0 Å². The Kier molecular flexibility index (Phi) is 3.40. The summed E-state index contributed by atoms with van der Waals surface area (Å²) in [6.45, 7) is 1.72. The summed E-state index contributed by atoms with van der Waals surface area (Å²) in [5.41, 5.74) is 0.409. The summed E-state index contributed by atoms with van der Waals surface area (Å²) in [7, 11) is 0. The molecule has 0 saturated carbocycles. The van der Waals surface area contributed by atoms with Crippen LogP contribution in [0.5, 0.6) is 0 Å². The number of aromatic nitrogens is 2. The maximum atomic E-state index is 11.8. The van der Waals surface area contributed by atoms with Crippen LogP contribution in [-0.2, 0) is 6.54 Å². The molecule has 2 aromatic rings. The number of Topliss-reactive ketones (excluding diaryl/α,β-unsaturated/α-hetero) is 1. The smallest absolute Gasteiger partial charge is 0.253 e. The average Bonchev–Trinajstić information content (AvgIpc) is 2.69. The number of nitrogens with zero attached hydrogens (tertiary/aromatic N) is 2. The third-order valence-corrected chi connectivity index (χ3v) is 3.45. The Morgan fingerprint density at radius 1 is 1.53 bits per heavy atom. The van der Waals surface area contributed by atoms with E-state index in [1.165, 1.54) is 28.3 Å². The zero-order valence-electron chi connectivity index (χ0n) is 9.01. The van der Waals surface area contributed by atoms with Crippen LogP contribution >= 0.6 is 22.9 Å². The zero-order valence-corrected chi connectivity index (χ0v) is 10.6. The van der Waals surface area contributed by atoms with Crippen molar-refractivity contribution in [3.8, 4) is 0 Å². The molecular weight excluding hydrogens is 260 g/mol. The van der Waals surface area contributed by atoms with Gasteiger partial charge < -0.3 is 0 Å². The van der Waals surface area contributed by atoms with Crippen LogP contribution < -0.4 is 5.56 Å². The molecule has 0 aliphatic heterocycles. The van der Waals surface area contributed by atoms with Crippen molar-refractivity contribution in [3.63, 3.8) is 0 Å². The van der Waals surface area contributed by atoms with Gasteiger partial charge >= 0.3 is 0 Å². The zero-order chi connectivity index (χ0) is 12.4. The van der Waals surface area contributed by atoms with Crippen molar-refractivity contribution in [1.82, 2.24) is 9.55 Å². The van der Waals surface area contributed by atoms with Gasteiger partial charge in [0.15, 0.2) is 5.78 Å². The van der Waals surface area contributed by atoms with Crippen molar-refractivity contribution < 1.29 is 4.79 Å². The number of hydrogen-bond donors (Lipinski definition) is 0. The molecule has 0 spiro atoms. The van der Waals surface area contributed by atoms with Crippen LogP contribution in [0.3, 0.4) is 0 Å². The van der Waals surface area contributed by atoms with E-state index < -0.39 is 0 Å². The molecule has 0 amide bonds. The minimum atomic E-state index is -0.228. The summed E-state index contributed by atoms with van der Waals surface area (Å²) in [4.78, 5) is 27.9. The van der Waals surface area contributed by atoms with Gasteiger partial charge in [0.1, 0.15) is 0 Å². The lowest BCUT2D eigenvalue weighted by molar-refractivity contribution is 0.0974. The van der Waals surface area contributed by atoms with E-state index in [4.69, 9.17) is 11.6 Å². The molecule has 0 fully saturated rings. The largest absolute Gasteiger partial charge is 0.291 e. The summed E-state index contributed by atoms with van der Waals surface area (Å²) in [5, 5.41) is 0. The first-order valence-corrected chi connectivity index (χ1v) is 6.07. The number of carbonyl (C=O) groups excluding carboxylic acids is 1. The second-order valence-corrected chi connectivity index (χ2v) is 5.24. The molecule has 0 radical (unpaired) electrons. The van der Waals surface area contributed by atoms with E-state index in [2.05, 4.69) is 4.98 Å². The second-order valence-electron chi connectivity index (χ2n) is 3.52. The summed E-state index contributed by atoms with van der Waals surface area (Å²) in [6, 6.07) is 4.71. The highest BCUT2D eigenvalue weighted by molar-refractivity contribution is 7.18. The lowest BCUT2D eigenvalue weighted by Gasteiger charge is -2.02. The standard InChI is InChI=1S/C11H9ClN2O2S/c1-7-4-11(16)14(6-13-7)5-8(15)9-2-3-10(12)17-9/h2-4,6H,5H2,1H3. The van der Waals surface area contributed by atoms with E-state index in [-0.39, 0.29) is 17.9 Å². The molecule has 0 aromatic carbocycles. The fraction of sp³-hybridized carbons (Fsp3) is 0.182. The Balaban J connectivity index is 2.21. The van der Waals surface area contributed by atoms with Crippen LogP contribution in [-0.4, -0.2) is 15.3 Å². The monoisotopic (exact) mass is 268 g/mol. The van der Waals surface area contributed by atoms with Gasteiger partial charge in [0.25, 0.3) is 5.56 Å². The molecule has 17 heavy (non-hydrogen) atoms. The van der Waals surface area contributed by atoms with Crippen molar-refractivity contribution in [2.24, 2.45) is 0 Å². The maximum absolute atomic E-state index is 11.8. The van der Waals surface area contributed by atoms with Crippen LogP contribution in [0.2, 0.25) is 4.34 Å². The molecule has 88 valence electrons. The van der Waals surface area contributed by atoms with Gasteiger partial charge in [0, 0.05) is 11.8 Å². The Morgan fingerprint density at radius 3 is 2.88 bits per heavy atom. The van der Waals surface area contributed by atoms with Crippen LogP contribution in [0, 0.1) is 6.92 Å². The number of hydrogen-bond acceptors (Lipinski definition) is 4. The number of halogens is 1. The molecule has 0 saturated heterocycles. The van der Waals surface area contributed by atoms with E-state index in [9.17, 15) is 9.59 Å². The normalized spacial score (nSPS) is 10.5. The van der Waals surface area contributed by atoms with Gasteiger partial charge in [0.05, 0.1) is 22.1 Å². The van der Waals surface area contributed by atoms with Crippen LogP contribution in [0.25, 0.3) is 0 Å². The van der Waals surface area contributed by atoms with Gasteiger partial charge in [-0.2, -0.15) is 0 Å². The molecule has 4 nitrogen and oxygen atoms in total. The molecule has 0 N–H and O–H groups in total. The first-order valence-electron chi connectivity index (χ1n) is 4.88. The third kappa shape index (κ3) is 2.81. The Hall–Kier alpha value is -1.46. The molecule has 0 atom stereocenters. The van der Waals surface area contributed by atoms with Gasteiger partial charge in [-0.25, -0.2) is 4.98 Å². The van der Waals surface area contributed by atoms with Crippen LogP contribution in [0.15, 0.2) is 29.3 Å². The minimum absolute atomic E-state index is 0.0110. The quantitative estimate of drug-likeness (QED) is 0.802. The Labute approximate surface area is 106 Å². The van der Waals surface area contributed by atoms with Crippen molar-refractivity contribution in [2.75, 3.05) is 0 Å². The second kappa shape index (κ2) is 4.81.